The van der Waals surface area contributed by atoms with Gasteiger partial charge in [-0.25, -0.2) is 9.98 Å². The van der Waals surface area contributed by atoms with E-state index in [2.05, 4.69) is 128 Å². The number of fused-ring (bicyclic) bond motifs is 9. The quantitative estimate of drug-likeness (QED) is 0.141. The monoisotopic (exact) mass is 692 g/mol. The van der Waals surface area contributed by atoms with Crippen LogP contribution in [0.15, 0.2) is 180 Å². The Morgan fingerprint density at radius 1 is 0.556 bits per heavy atom. The number of aliphatic imine (C=N–C) groups is 2. The largest absolute Gasteiger partial charge is 0.299 e. The van der Waals surface area contributed by atoms with Crippen molar-refractivity contribution >= 4 is 61.4 Å². The Kier molecular flexibility index (Phi) is 7.27. The molecule has 0 spiro atoms. The lowest BCUT2D eigenvalue weighted by Gasteiger charge is -2.21. The molecule has 9 aromatic rings. The summed E-state index contributed by atoms with van der Waals surface area (Å²) in [7, 11) is 0. The summed E-state index contributed by atoms with van der Waals surface area (Å²) in [4.78, 5) is 9.90. The highest BCUT2D eigenvalue weighted by molar-refractivity contribution is 6.20. The molecule has 1 aliphatic rings. The van der Waals surface area contributed by atoms with Gasteiger partial charge < -0.3 is 0 Å². The molecule has 0 bridgehead atoms. The molecule has 54 heavy (non-hydrogen) atoms. The van der Waals surface area contributed by atoms with Crippen molar-refractivity contribution in [3.8, 4) is 22.3 Å². The maximum Gasteiger partial charge on any atom is 0.163 e. The highest BCUT2D eigenvalue weighted by atomic mass is 15.1. The number of hydrogen-bond donors (Lipinski definition) is 1. The maximum absolute atomic E-state index is 8.88. The van der Waals surface area contributed by atoms with Crippen LogP contribution in [-0.2, 0) is 5.41 Å². The molecule has 10 rings (SSSR count). The number of hydrogen-bond acceptors (Lipinski definition) is 1. The second kappa shape index (κ2) is 12.4. The molecule has 0 atom stereocenters. The van der Waals surface area contributed by atoms with Crippen molar-refractivity contribution in [3.63, 3.8) is 0 Å². The lowest BCUT2D eigenvalue weighted by Crippen LogP contribution is -2.14. The Morgan fingerprint density at radius 3 is 1.98 bits per heavy atom. The van der Waals surface area contributed by atoms with Crippen molar-refractivity contribution in [3.05, 3.63) is 192 Å². The number of para-hydroxylation sites is 1. The lowest BCUT2D eigenvalue weighted by molar-refractivity contribution is 0.661. The van der Waals surface area contributed by atoms with E-state index in [1.54, 1.807) is 0 Å². The van der Waals surface area contributed by atoms with Gasteiger partial charge in [-0.3, -0.25) is 9.98 Å². The normalized spacial score (nSPS) is 13.6. The molecule has 0 unspecified atom stereocenters. The number of benzene rings is 8. The first-order valence-electron chi connectivity index (χ1n) is 18.4. The van der Waals surface area contributed by atoms with E-state index in [0.29, 0.717) is 5.84 Å². The molecule has 0 saturated heterocycles. The van der Waals surface area contributed by atoms with Crippen LogP contribution in [-0.4, -0.2) is 22.6 Å². The van der Waals surface area contributed by atoms with E-state index in [4.69, 9.17) is 15.4 Å². The molecule has 0 saturated carbocycles. The first kappa shape index (κ1) is 31.8. The fourth-order valence-electron chi connectivity index (χ4n) is 8.46. The zero-order valence-electron chi connectivity index (χ0n) is 30.1. The van der Waals surface area contributed by atoms with Gasteiger partial charge in [0.2, 0.25) is 0 Å². The van der Waals surface area contributed by atoms with Crippen molar-refractivity contribution < 1.29 is 0 Å². The van der Waals surface area contributed by atoms with Crippen LogP contribution < -0.4 is 0 Å². The first-order valence-corrected chi connectivity index (χ1v) is 18.4. The molecule has 1 aliphatic carbocycles. The molecular formula is C50H36N4. The SMILES string of the molecule is CC1(C)c2ccc(-c3cccc4c5cc6ccccc6cc5n(C=NC(=NC(=N)c5ccccc5)c5ccccc5)c34)cc2-c2c1ccc1ccccc21. The van der Waals surface area contributed by atoms with Crippen LogP contribution in [0.4, 0.5) is 0 Å². The average Bonchev–Trinajstić information content (AvgIpc) is 3.65. The van der Waals surface area contributed by atoms with E-state index in [1.807, 2.05) is 67.0 Å². The van der Waals surface area contributed by atoms with E-state index in [9.17, 15) is 0 Å². The van der Waals surface area contributed by atoms with Crippen molar-refractivity contribution in [2.75, 3.05) is 0 Å². The molecule has 0 radical (unpaired) electrons. The summed E-state index contributed by atoms with van der Waals surface area (Å²) in [5.41, 5.74) is 11.2. The van der Waals surface area contributed by atoms with Gasteiger partial charge in [-0.1, -0.05) is 166 Å². The molecule has 1 heterocycles. The number of amidine groups is 2. The summed E-state index contributed by atoms with van der Waals surface area (Å²) >= 11 is 0. The summed E-state index contributed by atoms with van der Waals surface area (Å²) in [6, 6.07) is 59.6. The molecule has 256 valence electrons. The van der Waals surface area contributed by atoms with E-state index in [0.717, 1.165) is 49.4 Å². The van der Waals surface area contributed by atoms with Gasteiger partial charge in [-0.2, -0.15) is 0 Å². The Hall–Kier alpha value is -6.91. The van der Waals surface area contributed by atoms with Crippen LogP contribution >= 0.6 is 0 Å². The predicted molar refractivity (Wildman–Crippen MR) is 228 cm³/mol. The second-order valence-corrected chi connectivity index (χ2v) is 14.6. The summed E-state index contributed by atoms with van der Waals surface area (Å²) < 4.78 is 2.22. The van der Waals surface area contributed by atoms with Crippen LogP contribution in [0.1, 0.15) is 36.1 Å². The molecule has 4 heteroatoms. The van der Waals surface area contributed by atoms with Crippen LogP contribution in [0.2, 0.25) is 0 Å². The van der Waals surface area contributed by atoms with Crippen LogP contribution in [0.25, 0.3) is 65.6 Å². The van der Waals surface area contributed by atoms with Gasteiger partial charge in [-0.05, 0) is 67.6 Å². The van der Waals surface area contributed by atoms with Gasteiger partial charge in [0.1, 0.15) is 6.34 Å². The van der Waals surface area contributed by atoms with Gasteiger partial charge in [0.15, 0.2) is 11.7 Å². The highest BCUT2D eigenvalue weighted by Crippen LogP contribution is 2.52. The minimum Gasteiger partial charge on any atom is -0.299 e. The van der Waals surface area contributed by atoms with Crippen molar-refractivity contribution in [1.82, 2.24) is 4.57 Å². The summed E-state index contributed by atoms with van der Waals surface area (Å²) in [6.45, 7) is 4.68. The molecule has 0 aliphatic heterocycles. The molecular weight excluding hydrogens is 657 g/mol. The Balaban J connectivity index is 1.22. The van der Waals surface area contributed by atoms with Gasteiger partial charge in [0.05, 0.1) is 11.0 Å². The fraction of sp³-hybridized carbons (Fsp3) is 0.0600. The third kappa shape index (κ3) is 5.02. The van der Waals surface area contributed by atoms with Crippen molar-refractivity contribution in [1.29, 1.82) is 5.41 Å². The summed E-state index contributed by atoms with van der Waals surface area (Å²) in [6.07, 6.45) is 1.90. The van der Waals surface area contributed by atoms with E-state index >= 15 is 0 Å². The van der Waals surface area contributed by atoms with Crippen LogP contribution in [0.5, 0.6) is 0 Å². The topological polar surface area (TPSA) is 53.5 Å². The van der Waals surface area contributed by atoms with E-state index < -0.39 is 0 Å². The average molecular weight is 693 g/mol. The highest BCUT2D eigenvalue weighted by Gasteiger charge is 2.36. The number of nitrogens with one attached hydrogen (secondary N) is 1. The van der Waals surface area contributed by atoms with Crippen molar-refractivity contribution in [2.45, 2.75) is 19.3 Å². The van der Waals surface area contributed by atoms with Crippen LogP contribution in [0, 0.1) is 5.41 Å². The Bertz CT molecular complexity index is 3020. The minimum atomic E-state index is -0.110. The maximum atomic E-state index is 8.88. The van der Waals surface area contributed by atoms with Gasteiger partial charge in [-0.15, -0.1) is 0 Å². The predicted octanol–water partition coefficient (Wildman–Crippen LogP) is 12.4. The second-order valence-electron chi connectivity index (χ2n) is 14.6. The Labute approximate surface area is 313 Å². The molecule has 0 fully saturated rings. The molecule has 4 nitrogen and oxygen atoms in total. The van der Waals surface area contributed by atoms with Crippen molar-refractivity contribution in [2.24, 2.45) is 9.98 Å². The van der Waals surface area contributed by atoms with E-state index in [-0.39, 0.29) is 11.3 Å². The molecule has 1 N–H and O–H groups in total. The Morgan fingerprint density at radius 2 is 1.20 bits per heavy atom. The standard InChI is InChI=1S/C50H36N4/c1-50(2)43-26-25-37(29-42(43)46-38-21-12-11-14-32(38)24-27-44(46)50)39-22-13-23-40-41-28-35-19-9-10-20-36(35)30-45(41)54(47(39)40)31-52-49(34-17-7-4-8-18-34)53-48(51)33-15-5-3-6-16-33/h3-31,51H,1-2H3. The van der Waals surface area contributed by atoms with Gasteiger partial charge in [0.25, 0.3) is 0 Å². The summed E-state index contributed by atoms with van der Waals surface area (Å²) in [5, 5.41) is 16.1. The zero-order chi connectivity index (χ0) is 36.4. The van der Waals surface area contributed by atoms with Gasteiger partial charge in [0, 0.05) is 32.9 Å². The molecule has 1 aromatic heterocycles. The third-order valence-corrected chi connectivity index (χ3v) is 11.2. The van der Waals surface area contributed by atoms with E-state index in [1.165, 1.54) is 38.4 Å². The number of aromatic nitrogens is 1. The molecule has 8 aromatic carbocycles. The first-order chi connectivity index (χ1) is 26.5. The zero-order valence-corrected chi connectivity index (χ0v) is 30.1. The fourth-order valence-corrected chi connectivity index (χ4v) is 8.46. The summed E-state index contributed by atoms with van der Waals surface area (Å²) in [5.74, 6) is 0.635. The third-order valence-electron chi connectivity index (χ3n) is 11.2. The molecule has 0 amide bonds. The lowest BCUT2D eigenvalue weighted by atomic mass is 9.82. The minimum absolute atomic E-state index is 0.110. The number of rotatable bonds is 4. The van der Waals surface area contributed by atoms with Gasteiger partial charge >= 0.3 is 0 Å². The number of nitrogens with zero attached hydrogens (tertiary/aromatic N) is 3. The van der Waals surface area contributed by atoms with Crippen LogP contribution in [0.3, 0.4) is 0 Å². The smallest absolute Gasteiger partial charge is 0.163 e.